The molecule has 3 saturated carbocycles. The van der Waals surface area contributed by atoms with Gasteiger partial charge in [0.15, 0.2) is 0 Å². The largest absolute Gasteiger partial charge is 0.235 e. The van der Waals surface area contributed by atoms with E-state index in [-0.39, 0.29) is 27.9 Å². The predicted octanol–water partition coefficient (Wildman–Crippen LogP) is 5.70. The van der Waals surface area contributed by atoms with Gasteiger partial charge in [0.05, 0.1) is 23.7 Å². The maximum atomic E-state index is 10.8. The van der Waals surface area contributed by atoms with Gasteiger partial charge in [-0.05, 0) is 62.2 Å². The molecule has 3 aliphatic rings. The highest BCUT2D eigenvalue weighted by molar-refractivity contribution is 5.37. The molecule has 0 amide bonds. The Morgan fingerprint density at radius 1 is 0.686 bits per heavy atom. The van der Waals surface area contributed by atoms with Gasteiger partial charge >= 0.3 is 0 Å². The van der Waals surface area contributed by atoms with Crippen molar-refractivity contribution in [3.8, 4) is 0 Å². The van der Waals surface area contributed by atoms with Gasteiger partial charge in [-0.2, -0.15) is 9.98 Å². The first-order valence-electron chi connectivity index (χ1n) is 12.9. The molecule has 0 N–H and O–H groups in total. The normalized spacial score (nSPS) is 28.3. The van der Waals surface area contributed by atoms with Crippen molar-refractivity contribution in [2.75, 3.05) is 6.54 Å². The number of isocyanates is 4. The third-order valence-corrected chi connectivity index (χ3v) is 7.97. The van der Waals surface area contributed by atoms with Crippen LogP contribution < -0.4 is 0 Å². The van der Waals surface area contributed by atoms with Crippen molar-refractivity contribution in [2.24, 2.45) is 30.8 Å². The molecule has 0 aromatic rings. The van der Waals surface area contributed by atoms with Crippen molar-refractivity contribution in [1.29, 1.82) is 0 Å². The van der Waals surface area contributed by atoms with Crippen molar-refractivity contribution in [1.82, 2.24) is 0 Å². The van der Waals surface area contributed by atoms with Crippen molar-refractivity contribution in [2.45, 2.75) is 128 Å². The number of hydrogen-bond acceptors (Lipinski definition) is 8. The van der Waals surface area contributed by atoms with E-state index in [9.17, 15) is 19.2 Å². The van der Waals surface area contributed by atoms with Gasteiger partial charge in [-0.15, -0.1) is 0 Å². The second-order valence-corrected chi connectivity index (χ2v) is 12.0. The molecule has 2 atom stereocenters. The molecular weight excluding hydrogens is 444 g/mol. The van der Waals surface area contributed by atoms with Crippen LogP contribution in [0.2, 0.25) is 0 Å². The second kappa shape index (κ2) is 13.0. The summed E-state index contributed by atoms with van der Waals surface area (Å²) in [6.07, 6.45) is 20.7. The van der Waals surface area contributed by atoms with E-state index in [4.69, 9.17) is 0 Å². The zero-order chi connectivity index (χ0) is 25.8. The van der Waals surface area contributed by atoms with Crippen molar-refractivity contribution < 1.29 is 19.2 Å². The Morgan fingerprint density at radius 3 is 1.63 bits per heavy atom. The summed E-state index contributed by atoms with van der Waals surface area (Å²) in [4.78, 5) is 57.9. The molecule has 0 aromatic heterocycles. The third-order valence-electron chi connectivity index (χ3n) is 7.97. The van der Waals surface area contributed by atoms with Gasteiger partial charge in [-0.3, -0.25) is 0 Å². The van der Waals surface area contributed by atoms with E-state index < -0.39 is 0 Å². The van der Waals surface area contributed by atoms with Gasteiger partial charge < -0.3 is 0 Å². The van der Waals surface area contributed by atoms with Crippen LogP contribution in [0.4, 0.5) is 0 Å². The van der Waals surface area contributed by atoms with Crippen LogP contribution >= 0.6 is 0 Å². The molecule has 0 radical (unpaired) electrons. The molecule has 0 saturated heterocycles. The molecule has 8 heteroatoms. The minimum Gasteiger partial charge on any atom is -0.211 e. The number of aliphatic imine (C=N–C) groups is 4. The van der Waals surface area contributed by atoms with E-state index in [1.54, 1.807) is 24.3 Å². The Balaban J connectivity index is 0.000000251. The number of hydrogen-bond donors (Lipinski definition) is 0. The highest BCUT2D eigenvalue weighted by Crippen LogP contribution is 2.47. The van der Waals surface area contributed by atoms with Crippen molar-refractivity contribution in [3.05, 3.63) is 0 Å². The summed E-state index contributed by atoms with van der Waals surface area (Å²) in [5.74, 6) is 0. The van der Waals surface area contributed by atoms with E-state index in [1.165, 1.54) is 12.8 Å². The summed E-state index contributed by atoms with van der Waals surface area (Å²) in [6.45, 7) is 6.86. The van der Waals surface area contributed by atoms with E-state index in [2.05, 4.69) is 40.7 Å². The molecule has 3 aliphatic carbocycles. The molecule has 0 aromatic carbocycles. The quantitative estimate of drug-likeness (QED) is 0.340. The Morgan fingerprint density at radius 2 is 1.20 bits per heavy atom. The number of carbonyl (C=O) groups excluding carboxylic acids is 4. The van der Waals surface area contributed by atoms with Crippen molar-refractivity contribution >= 4 is 24.3 Å². The lowest BCUT2D eigenvalue weighted by Gasteiger charge is -2.44. The van der Waals surface area contributed by atoms with Crippen LogP contribution in [-0.2, 0) is 19.2 Å². The summed E-state index contributed by atoms with van der Waals surface area (Å²) in [7, 11) is 0. The SMILES string of the molecule is CC1(C)CC(N=C=O)CC(C)(CN=C=O)C1.O=C=NC1(CC2(N=C=O)CCCCC2)CCCCC1. The maximum absolute atomic E-state index is 10.8. The number of nitrogens with zero attached hydrogens (tertiary/aromatic N) is 4. The van der Waals surface area contributed by atoms with Crippen molar-refractivity contribution in [3.63, 3.8) is 0 Å². The maximum Gasteiger partial charge on any atom is 0.235 e. The fraction of sp³-hybridized carbons (Fsp3) is 0.852. The smallest absolute Gasteiger partial charge is 0.211 e. The second-order valence-electron chi connectivity index (χ2n) is 12.0. The molecule has 192 valence electrons. The van der Waals surface area contributed by atoms with E-state index in [1.807, 2.05) is 0 Å². The van der Waals surface area contributed by atoms with Crippen LogP contribution in [0.1, 0.15) is 111 Å². The summed E-state index contributed by atoms with van der Waals surface area (Å²) in [6, 6.07) is 0.00750. The average Bonchev–Trinajstić information content (AvgIpc) is 2.78. The highest BCUT2D eigenvalue weighted by Gasteiger charge is 2.43. The highest BCUT2D eigenvalue weighted by atomic mass is 16.1. The van der Waals surface area contributed by atoms with Crippen LogP contribution in [-0.4, -0.2) is 48.0 Å². The lowest BCUT2D eigenvalue weighted by molar-refractivity contribution is 0.0915. The molecule has 3 fully saturated rings. The summed E-state index contributed by atoms with van der Waals surface area (Å²) >= 11 is 0. The van der Waals surface area contributed by atoms with Crippen LogP contribution in [0.15, 0.2) is 20.0 Å². The molecule has 3 rings (SSSR count). The first kappa shape index (κ1) is 28.8. The van der Waals surface area contributed by atoms with Crippen LogP contribution in [0.3, 0.4) is 0 Å². The topological polar surface area (TPSA) is 118 Å². The fourth-order valence-electron chi connectivity index (χ4n) is 6.97. The van der Waals surface area contributed by atoms with Gasteiger partial charge in [0.1, 0.15) is 0 Å². The minimum atomic E-state index is -0.322. The lowest BCUT2D eigenvalue weighted by atomic mass is 9.63. The monoisotopic (exact) mass is 484 g/mol. The zero-order valence-electron chi connectivity index (χ0n) is 21.6. The number of rotatable bonds is 7. The Kier molecular flexibility index (Phi) is 10.7. The minimum absolute atomic E-state index is 0.00750. The first-order valence-corrected chi connectivity index (χ1v) is 12.9. The molecule has 0 bridgehead atoms. The Labute approximate surface area is 208 Å². The van der Waals surface area contributed by atoms with Crippen LogP contribution in [0.5, 0.6) is 0 Å². The molecule has 8 nitrogen and oxygen atoms in total. The van der Waals surface area contributed by atoms with Crippen LogP contribution in [0, 0.1) is 10.8 Å². The average molecular weight is 485 g/mol. The first-order chi connectivity index (χ1) is 16.6. The Bertz CT molecular complexity index is 856. The molecule has 35 heavy (non-hydrogen) atoms. The van der Waals surface area contributed by atoms with Gasteiger partial charge in [-0.1, -0.05) is 59.3 Å². The predicted molar refractivity (Wildman–Crippen MR) is 133 cm³/mol. The van der Waals surface area contributed by atoms with E-state index >= 15 is 0 Å². The van der Waals surface area contributed by atoms with Gasteiger partial charge in [0.25, 0.3) is 0 Å². The van der Waals surface area contributed by atoms with Gasteiger partial charge in [0.2, 0.25) is 24.3 Å². The third kappa shape index (κ3) is 8.91. The molecule has 0 spiro atoms. The van der Waals surface area contributed by atoms with Gasteiger partial charge in [-0.25, -0.2) is 29.2 Å². The summed E-state index contributed by atoms with van der Waals surface area (Å²) < 4.78 is 0. The van der Waals surface area contributed by atoms with Crippen LogP contribution in [0.25, 0.3) is 0 Å². The lowest BCUT2D eigenvalue weighted by Crippen LogP contribution is -2.41. The van der Waals surface area contributed by atoms with E-state index in [0.29, 0.717) is 6.54 Å². The standard InChI is InChI=1S/C15H22N2O2.C12H18N2O2/c18-12-16-14(7-3-1-4-8-14)11-15(17-13-19)9-5-2-6-10-15;1-11(2)4-10(14-9-16)5-12(3,6-11)7-13-8-15/h1-11H2;10H,4-7H2,1-3H3. The summed E-state index contributed by atoms with van der Waals surface area (Å²) in [5.41, 5.74) is -0.587. The van der Waals surface area contributed by atoms with E-state index in [0.717, 1.165) is 77.0 Å². The molecular formula is C27H40N4O4. The molecule has 2 unspecified atom stereocenters. The Hall–Kier alpha value is -2.48. The summed E-state index contributed by atoms with van der Waals surface area (Å²) in [5, 5.41) is 0. The molecule has 0 aliphatic heterocycles. The fourth-order valence-corrected chi connectivity index (χ4v) is 6.97. The van der Waals surface area contributed by atoms with Gasteiger partial charge in [0, 0.05) is 0 Å². The molecule has 0 heterocycles. The zero-order valence-corrected chi connectivity index (χ0v) is 21.6.